The molecule has 6 N–H and O–H groups in total. The van der Waals surface area contributed by atoms with Gasteiger partial charge in [0.25, 0.3) is 11.8 Å². The number of nitrogens with one attached hydrogen (secondary N) is 1. The first-order valence-corrected chi connectivity index (χ1v) is 18.4. The van der Waals surface area contributed by atoms with Gasteiger partial charge in [-0.15, -0.1) is 23.1 Å². The highest BCUT2D eigenvalue weighted by Gasteiger charge is 2.55. The fourth-order valence-corrected chi connectivity index (χ4v) is 7.22. The second-order valence-corrected chi connectivity index (χ2v) is 13.7. The van der Waals surface area contributed by atoms with E-state index in [1.807, 2.05) is 12.3 Å². The Labute approximate surface area is 281 Å². The second kappa shape index (κ2) is 17.5. The van der Waals surface area contributed by atoms with E-state index in [-0.39, 0.29) is 22.2 Å². The van der Waals surface area contributed by atoms with E-state index in [0.717, 1.165) is 37.0 Å². The molecule has 1 saturated heterocycles. The van der Waals surface area contributed by atoms with Gasteiger partial charge in [0, 0.05) is 34.8 Å². The number of rotatable bonds is 10. The number of carbonyl (C=O) groups excluding carboxylic acids is 2. The highest BCUT2D eigenvalue weighted by atomic mass is 32.3. The fourth-order valence-electron chi connectivity index (χ4n) is 5.33. The van der Waals surface area contributed by atoms with Gasteiger partial charge >= 0.3 is 16.4 Å². The summed E-state index contributed by atoms with van der Waals surface area (Å²) in [6.45, 7) is 4.87. The number of aliphatic carboxylic acids is 1. The van der Waals surface area contributed by atoms with Gasteiger partial charge < -0.3 is 21.0 Å². The molecule has 1 fully saturated rings. The van der Waals surface area contributed by atoms with Crippen molar-refractivity contribution in [3.63, 3.8) is 0 Å². The van der Waals surface area contributed by atoms with Crippen LogP contribution in [0.5, 0.6) is 0 Å². The van der Waals surface area contributed by atoms with Gasteiger partial charge in [-0.25, -0.2) is 9.78 Å². The molecule has 2 atom stereocenters. The molecule has 0 spiro atoms. The van der Waals surface area contributed by atoms with Gasteiger partial charge in [-0.05, 0) is 25.3 Å². The van der Waals surface area contributed by atoms with Crippen molar-refractivity contribution < 1.29 is 46.4 Å². The Kier molecular flexibility index (Phi) is 14.1. The maximum Gasteiger partial charge on any atom is 0.394 e. The number of nitrogen functional groups attached to an aromatic ring is 1. The highest BCUT2D eigenvalue weighted by molar-refractivity contribution is 8.00. The lowest BCUT2D eigenvalue weighted by atomic mass is 9.95. The molecule has 1 aliphatic carbocycles. The van der Waals surface area contributed by atoms with Crippen molar-refractivity contribution in [3.8, 4) is 0 Å². The SMILES string of the molecule is CCCCCC.CO/N=C(/C(=O)N[C@@H]1C(=O)N2C(C(=O)O)=C(C[n+]3cccc4c3CCCC4)CS[C@H]12)c1csc(N)n1.O=S(=O)(O)O. The molecule has 2 amide bonds. The maximum absolute atomic E-state index is 13.1. The summed E-state index contributed by atoms with van der Waals surface area (Å²) >= 11 is 2.57. The first-order chi connectivity index (χ1) is 22.3. The Morgan fingerprint density at radius 2 is 1.87 bits per heavy atom. The van der Waals surface area contributed by atoms with Crippen LogP contribution in [-0.2, 0) is 49.0 Å². The normalized spacial score (nSPS) is 18.8. The molecule has 47 heavy (non-hydrogen) atoms. The van der Waals surface area contributed by atoms with Crippen LogP contribution < -0.4 is 15.6 Å². The quantitative estimate of drug-likeness (QED) is 0.0598. The van der Waals surface area contributed by atoms with Gasteiger partial charge in [0.05, 0.1) is 0 Å². The Morgan fingerprint density at radius 3 is 2.45 bits per heavy atom. The van der Waals surface area contributed by atoms with Gasteiger partial charge in [-0.2, -0.15) is 13.0 Å². The van der Waals surface area contributed by atoms with E-state index in [1.165, 1.54) is 60.7 Å². The number of β-lactam (4-membered cyclic amide) rings is 1. The number of aromatic nitrogens is 2. The Bertz CT molecular complexity index is 1600. The maximum atomic E-state index is 13.1. The first-order valence-electron chi connectivity index (χ1n) is 15.0. The number of pyridine rings is 1. The molecular weight excluding hydrogens is 673 g/mol. The third kappa shape index (κ3) is 10.5. The number of aryl methyl sites for hydroxylation is 1. The van der Waals surface area contributed by atoms with E-state index in [0.29, 0.717) is 17.9 Å². The zero-order chi connectivity index (χ0) is 34.7. The summed E-state index contributed by atoms with van der Waals surface area (Å²) in [4.78, 5) is 48.4. The number of amides is 2. The van der Waals surface area contributed by atoms with Crippen molar-refractivity contribution in [2.24, 2.45) is 5.16 Å². The molecule has 0 bridgehead atoms. The van der Waals surface area contributed by atoms with E-state index in [2.05, 4.69) is 39.9 Å². The van der Waals surface area contributed by atoms with Gasteiger partial charge in [0.1, 0.15) is 29.9 Å². The van der Waals surface area contributed by atoms with Gasteiger partial charge in [-0.3, -0.25) is 23.6 Å². The smallest absolute Gasteiger partial charge is 0.394 e. The number of unbranched alkanes of at least 4 members (excludes halogenated alkanes) is 3. The van der Waals surface area contributed by atoms with Crippen LogP contribution in [0.3, 0.4) is 0 Å². The van der Waals surface area contributed by atoms with E-state index in [1.54, 1.807) is 5.38 Å². The molecule has 18 heteroatoms. The predicted molar refractivity (Wildman–Crippen MR) is 177 cm³/mol. The van der Waals surface area contributed by atoms with E-state index >= 15 is 0 Å². The number of thioether (sulfide) groups is 1. The van der Waals surface area contributed by atoms with Crippen LogP contribution in [0.15, 0.2) is 40.1 Å². The fraction of sp³-hybridized carbons (Fsp3) is 0.517. The number of carboxylic acid groups (broad SMARTS) is 1. The summed E-state index contributed by atoms with van der Waals surface area (Å²) in [5.74, 6) is -1.86. The number of carboxylic acids is 1. The molecule has 2 aromatic rings. The van der Waals surface area contributed by atoms with Gasteiger partial charge in [0.15, 0.2) is 29.3 Å². The van der Waals surface area contributed by atoms with Crippen molar-refractivity contribution in [1.82, 2.24) is 15.2 Å². The van der Waals surface area contributed by atoms with Gasteiger partial charge in [-0.1, -0.05) is 44.7 Å². The lowest BCUT2D eigenvalue weighted by molar-refractivity contribution is -0.697. The number of anilines is 1. The van der Waals surface area contributed by atoms with E-state index in [9.17, 15) is 19.5 Å². The van der Waals surface area contributed by atoms with E-state index < -0.39 is 39.6 Å². The molecular formula is C29H41N6O9S3+. The number of nitrogens with zero attached hydrogens (tertiary/aromatic N) is 4. The first kappa shape index (κ1) is 37.9. The molecule has 2 aromatic heterocycles. The number of hydrogen-bond acceptors (Lipinski definition) is 11. The summed E-state index contributed by atoms with van der Waals surface area (Å²) in [6, 6.07) is 3.21. The summed E-state index contributed by atoms with van der Waals surface area (Å²) in [5, 5.41) is 17.7. The summed E-state index contributed by atoms with van der Waals surface area (Å²) in [5.41, 5.74) is 8.96. The number of hydrogen-bond donors (Lipinski definition) is 5. The summed E-state index contributed by atoms with van der Waals surface area (Å²) < 4.78 is 33.7. The van der Waals surface area contributed by atoms with Crippen molar-refractivity contribution in [1.29, 1.82) is 0 Å². The highest BCUT2D eigenvalue weighted by Crippen LogP contribution is 2.40. The molecule has 0 unspecified atom stereocenters. The van der Waals surface area contributed by atoms with Crippen LogP contribution in [0.25, 0.3) is 0 Å². The van der Waals surface area contributed by atoms with Crippen LogP contribution in [0, 0.1) is 0 Å². The zero-order valence-electron chi connectivity index (χ0n) is 26.4. The molecule has 5 rings (SSSR count). The summed E-state index contributed by atoms with van der Waals surface area (Å²) in [6.07, 6.45) is 11.7. The lowest BCUT2D eigenvalue weighted by Gasteiger charge is -2.49. The van der Waals surface area contributed by atoms with Crippen molar-refractivity contribution in [3.05, 3.63) is 51.9 Å². The second-order valence-electron chi connectivity index (χ2n) is 10.8. The molecule has 3 aliphatic rings. The molecule has 15 nitrogen and oxygen atoms in total. The molecule has 0 aromatic carbocycles. The number of fused-ring (bicyclic) bond motifs is 2. The molecule has 0 saturated carbocycles. The van der Waals surface area contributed by atoms with Crippen LogP contribution in [-0.4, -0.2) is 80.3 Å². The topological polar surface area (TPSA) is 226 Å². The number of oxime groups is 1. The Hall–Kier alpha value is -3.58. The molecule has 2 aliphatic heterocycles. The minimum atomic E-state index is -4.67. The Morgan fingerprint density at radius 1 is 1.21 bits per heavy atom. The van der Waals surface area contributed by atoms with E-state index in [4.69, 9.17) is 28.1 Å². The third-order valence-electron chi connectivity index (χ3n) is 7.41. The monoisotopic (exact) mass is 713 g/mol. The number of nitrogens with two attached hydrogens (primary N) is 1. The average molecular weight is 714 g/mol. The molecule has 258 valence electrons. The van der Waals surface area contributed by atoms with Crippen molar-refractivity contribution in [2.45, 2.75) is 83.2 Å². The van der Waals surface area contributed by atoms with Crippen molar-refractivity contribution in [2.75, 3.05) is 18.6 Å². The number of carbonyl (C=O) groups is 3. The minimum Gasteiger partial charge on any atom is -0.477 e. The molecule has 4 heterocycles. The minimum absolute atomic E-state index is 0.00628. The number of thiazole rings is 1. The zero-order valence-corrected chi connectivity index (χ0v) is 28.9. The Balaban J connectivity index is 0.000000472. The summed E-state index contributed by atoms with van der Waals surface area (Å²) in [7, 11) is -3.37. The van der Waals surface area contributed by atoms with Crippen molar-refractivity contribution >= 4 is 62.1 Å². The standard InChI is InChI=1S/C23H24N6O5S2.C6H14.H2O4S/c1-34-27-16(14-11-36-23(24)25-14)19(30)26-17-20(31)29-18(22(32)33)13(10-35-21(17)29)9-28-8-4-6-12-5-2-3-7-15(12)28;1-3-5-6-4-2;1-5(2,3)4/h4,6,8,11,17,21H,2-3,5,7,9-10H2,1H3,(H3-,24,25,26,30,32,33);3-6H2,1-2H3;(H2,1,2,3,4)/p+1/b27-16+;;/t17-,21-;;/m1../s1. The average Bonchev–Trinajstić information content (AvgIpc) is 3.46. The predicted octanol–water partition coefficient (Wildman–Crippen LogP) is 2.61. The van der Waals surface area contributed by atoms with Crippen LogP contribution in [0.2, 0.25) is 0 Å². The lowest BCUT2D eigenvalue weighted by Crippen LogP contribution is -2.71. The van der Waals surface area contributed by atoms with Gasteiger partial charge in [0.2, 0.25) is 0 Å². The van der Waals surface area contributed by atoms with Crippen LogP contribution >= 0.6 is 23.1 Å². The third-order valence-corrected chi connectivity index (χ3v) is 9.42. The van der Waals surface area contributed by atoms with Crippen LogP contribution in [0.4, 0.5) is 5.13 Å². The molecule has 0 radical (unpaired) electrons. The van der Waals surface area contributed by atoms with Crippen LogP contribution in [0.1, 0.15) is 69.3 Å². The largest absolute Gasteiger partial charge is 0.477 e.